The van der Waals surface area contributed by atoms with Gasteiger partial charge in [0.1, 0.15) is 5.75 Å². The van der Waals surface area contributed by atoms with Crippen molar-refractivity contribution in [2.75, 3.05) is 31.2 Å². The van der Waals surface area contributed by atoms with E-state index in [1.165, 1.54) is 0 Å². The van der Waals surface area contributed by atoms with Crippen LogP contribution in [0.4, 0.5) is 5.95 Å². The van der Waals surface area contributed by atoms with E-state index >= 15 is 0 Å². The van der Waals surface area contributed by atoms with E-state index in [2.05, 4.69) is 15.0 Å². The average Bonchev–Trinajstić information content (AvgIpc) is 2.50. The van der Waals surface area contributed by atoms with Gasteiger partial charge in [0.2, 0.25) is 11.2 Å². The lowest BCUT2D eigenvalue weighted by Gasteiger charge is -2.26. The summed E-state index contributed by atoms with van der Waals surface area (Å²) in [5, 5.41) is 0.551. The van der Waals surface area contributed by atoms with Gasteiger partial charge in [-0.25, -0.2) is 0 Å². The van der Waals surface area contributed by atoms with E-state index < -0.39 is 0 Å². The van der Waals surface area contributed by atoms with Crippen LogP contribution in [0.1, 0.15) is 0 Å². The molecule has 2 heterocycles. The molecule has 1 saturated heterocycles. The zero-order valence-electron chi connectivity index (χ0n) is 11.0. The molecule has 0 N–H and O–H groups in total. The molecular weight excluding hydrogens is 315 g/mol. The van der Waals surface area contributed by atoms with Gasteiger partial charge in [0.25, 0.3) is 0 Å². The SMILES string of the molecule is Clc1nc(Oc2ccccc2Cl)nc(N2CCOCC2)n1. The van der Waals surface area contributed by atoms with Crippen molar-refractivity contribution in [3.8, 4) is 11.8 Å². The van der Waals surface area contributed by atoms with Gasteiger partial charge in [0.05, 0.1) is 18.2 Å². The monoisotopic (exact) mass is 326 g/mol. The van der Waals surface area contributed by atoms with Crippen molar-refractivity contribution in [2.24, 2.45) is 0 Å². The molecule has 0 atom stereocenters. The Labute approximate surface area is 131 Å². The molecule has 21 heavy (non-hydrogen) atoms. The highest BCUT2D eigenvalue weighted by Gasteiger charge is 2.17. The van der Waals surface area contributed by atoms with E-state index in [4.69, 9.17) is 32.7 Å². The molecule has 0 saturated carbocycles. The summed E-state index contributed by atoms with van der Waals surface area (Å²) in [5.41, 5.74) is 0. The Bertz CT molecular complexity index is 635. The van der Waals surface area contributed by atoms with Crippen molar-refractivity contribution in [2.45, 2.75) is 0 Å². The minimum absolute atomic E-state index is 0.0774. The lowest BCUT2D eigenvalue weighted by Crippen LogP contribution is -2.37. The van der Waals surface area contributed by atoms with Gasteiger partial charge >= 0.3 is 6.01 Å². The van der Waals surface area contributed by atoms with Crippen molar-refractivity contribution in [3.63, 3.8) is 0 Å². The number of morpholine rings is 1. The van der Waals surface area contributed by atoms with Crippen LogP contribution in [-0.4, -0.2) is 41.3 Å². The van der Waals surface area contributed by atoms with Crippen LogP contribution in [0.3, 0.4) is 0 Å². The Morgan fingerprint density at radius 3 is 2.57 bits per heavy atom. The minimum atomic E-state index is 0.0774. The fourth-order valence-corrected chi connectivity index (χ4v) is 2.22. The first-order valence-electron chi connectivity index (χ1n) is 6.39. The Kier molecular flexibility index (Phi) is 4.38. The molecule has 110 valence electrons. The van der Waals surface area contributed by atoms with Gasteiger partial charge in [-0.2, -0.15) is 15.0 Å². The summed E-state index contributed by atoms with van der Waals surface area (Å²) in [6, 6.07) is 7.20. The van der Waals surface area contributed by atoms with Crippen molar-refractivity contribution in [1.29, 1.82) is 0 Å². The van der Waals surface area contributed by atoms with Crippen molar-refractivity contribution >= 4 is 29.2 Å². The molecule has 0 amide bonds. The largest absolute Gasteiger partial charge is 0.423 e. The molecule has 0 aliphatic carbocycles. The van der Waals surface area contributed by atoms with Crippen molar-refractivity contribution in [3.05, 3.63) is 34.6 Å². The Morgan fingerprint density at radius 1 is 1.05 bits per heavy atom. The summed E-state index contributed by atoms with van der Waals surface area (Å²) in [4.78, 5) is 14.3. The van der Waals surface area contributed by atoms with Crippen LogP contribution >= 0.6 is 23.2 Å². The number of halogens is 2. The molecule has 1 fully saturated rings. The van der Waals surface area contributed by atoms with E-state index in [0.717, 1.165) is 0 Å². The first-order chi connectivity index (χ1) is 10.2. The summed E-state index contributed by atoms with van der Waals surface area (Å²) >= 11 is 12.0. The first kappa shape index (κ1) is 14.3. The number of aromatic nitrogens is 3. The highest BCUT2D eigenvalue weighted by atomic mass is 35.5. The van der Waals surface area contributed by atoms with Crippen molar-refractivity contribution in [1.82, 2.24) is 15.0 Å². The molecule has 0 spiro atoms. The number of hydrogen-bond donors (Lipinski definition) is 0. The maximum Gasteiger partial charge on any atom is 0.328 e. The van der Waals surface area contributed by atoms with Gasteiger partial charge in [0, 0.05) is 13.1 Å². The highest BCUT2D eigenvalue weighted by Crippen LogP contribution is 2.28. The van der Waals surface area contributed by atoms with Gasteiger partial charge in [-0.15, -0.1) is 0 Å². The minimum Gasteiger partial charge on any atom is -0.423 e. The summed E-state index contributed by atoms with van der Waals surface area (Å²) in [5.74, 6) is 0.940. The Morgan fingerprint density at radius 2 is 1.81 bits per heavy atom. The van der Waals surface area contributed by atoms with Gasteiger partial charge in [-0.3, -0.25) is 0 Å². The highest BCUT2D eigenvalue weighted by molar-refractivity contribution is 6.32. The fourth-order valence-electron chi connectivity index (χ4n) is 1.90. The molecular formula is C13H12Cl2N4O2. The number of anilines is 1. The molecule has 0 radical (unpaired) electrons. The molecule has 8 heteroatoms. The maximum absolute atomic E-state index is 6.05. The van der Waals surface area contributed by atoms with E-state index in [9.17, 15) is 0 Å². The maximum atomic E-state index is 6.05. The van der Waals surface area contributed by atoms with Crippen LogP contribution < -0.4 is 9.64 Å². The third-order valence-electron chi connectivity index (χ3n) is 2.91. The second-order valence-corrected chi connectivity index (χ2v) is 5.06. The van der Waals surface area contributed by atoms with Crippen LogP contribution in [0.15, 0.2) is 24.3 Å². The van der Waals surface area contributed by atoms with Crippen LogP contribution in [0.2, 0.25) is 10.3 Å². The number of hydrogen-bond acceptors (Lipinski definition) is 6. The van der Waals surface area contributed by atoms with Crippen LogP contribution in [-0.2, 0) is 4.74 Å². The molecule has 0 unspecified atom stereocenters. The van der Waals surface area contributed by atoms with Gasteiger partial charge in [-0.1, -0.05) is 23.7 Å². The number of para-hydroxylation sites is 1. The smallest absolute Gasteiger partial charge is 0.328 e. The van der Waals surface area contributed by atoms with Crippen LogP contribution in [0.25, 0.3) is 0 Å². The molecule has 1 aliphatic rings. The van der Waals surface area contributed by atoms with E-state index in [0.29, 0.717) is 43.0 Å². The predicted molar refractivity (Wildman–Crippen MR) is 79.4 cm³/mol. The molecule has 3 rings (SSSR count). The van der Waals surface area contributed by atoms with Crippen LogP contribution in [0, 0.1) is 0 Å². The van der Waals surface area contributed by atoms with Gasteiger partial charge < -0.3 is 14.4 Å². The third kappa shape index (κ3) is 3.53. The molecule has 1 aromatic heterocycles. The lowest BCUT2D eigenvalue weighted by molar-refractivity contribution is 0.122. The van der Waals surface area contributed by atoms with Gasteiger partial charge in [0.15, 0.2) is 0 Å². The number of rotatable bonds is 3. The molecule has 1 aliphatic heterocycles. The van der Waals surface area contributed by atoms with E-state index in [1.54, 1.807) is 12.1 Å². The zero-order chi connectivity index (χ0) is 14.7. The number of ether oxygens (including phenoxy) is 2. The van der Waals surface area contributed by atoms with Gasteiger partial charge in [-0.05, 0) is 23.7 Å². The Hall–Kier alpha value is -1.63. The first-order valence-corrected chi connectivity index (χ1v) is 7.14. The zero-order valence-corrected chi connectivity index (χ0v) is 12.5. The molecule has 6 nitrogen and oxygen atoms in total. The molecule has 0 bridgehead atoms. The molecule has 1 aromatic carbocycles. The lowest BCUT2D eigenvalue weighted by atomic mass is 10.3. The van der Waals surface area contributed by atoms with Crippen LogP contribution in [0.5, 0.6) is 11.8 Å². The number of benzene rings is 1. The normalized spacial score (nSPS) is 15.0. The quantitative estimate of drug-likeness (QED) is 0.864. The second-order valence-electron chi connectivity index (χ2n) is 4.32. The third-order valence-corrected chi connectivity index (χ3v) is 3.39. The Balaban J connectivity index is 1.85. The molecule has 2 aromatic rings. The standard InChI is InChI=1S/C13H12Cl2N4O2/c14-9-3-1-2-4-10(9)21-13-17-11(15)16-12(18-13)19-5-7-20-8-6-19/h1-4H,5-8H2. The second kappa shape index (κ2) is 6.43. The topological polar surface area (TPSA) is 60.4 Å². The van der Waals surface area contributed by atoms with Crippen molar-refractivity contribution < 1.29 is 9.47 Å². The van der Waals surface area contributed by atoms with E-state index in [-0.39, 0.29) is 11.3 Å². The average molecular weight is 327 g/mol. The fraction of sp³-hybridized carbons (Fsp3) is 0.308. The van der Waals surface area contributed by atoms with E-state index in [1.807, 2.05) is 17.0 Å². The predicted octanol–water partition coefficient (Wildman–Crippen LogP) is 2.81. The summed E-state index contributed by atoms with van der Waals surface area (Å²) in [6.45, 7) is 2.66. The summed E-state index contributed by atoms with van der Waals surface area (Å²) < 4.78 is 10.9. The number of nitrogens with zero attached hydrogens (tertiary/aromatic N) is 4. The summed E-state index contributed by atoms with van der Waals surface area (Å²) in [7, 11) is 0. The summed E-state index contributed by atoms with van der Waals surface area (Å²) in [6.07, 6.45) is 0.